The molecule has 2 rings (SSSR count). The molecule has 2 N–H and O–H groups in total. The van der Waals surface area contributed by atoms with Gasteiger partial charge in [0.2, 0.25) is 0 Å². The van der Waals surface area contributed by atoms with Gasteiger partial charge in [0, 0.05) is 13.6 Å². The first-order valence-electron chi connectivity index (χ1n) is 5.84. The Labute approximate surface area is 115 Å². The van der Waals surface area contributed by atoms with Gasteiger partial charge in [0.1, 0.15) is 11.4 Å². The third kappa shape index (κ3) is 2.85. The van der Waals surface area contributed by atoms with Crippen LogP contribution in [0.15, 0.2) is 29.0 Å². The summed E-state index contributed by atoms with van der Waals surface area (Å²) in [6.07, 6.45) is 0. The molecule has 1 aromatic heterocycles. The molecule has 100 valence electrons. The Morgan fingerprint density at radius 1 is 1.32 bits per heavy atom. The highest BCUT2D eigenvalue weighted by atomic mass is 32.1. The van der Waals surface area contributed by atoms with Crippen molar-refractivity contribution in [3.8, 4) is 0 Å². The van der Waals surface area contributed by atoms with Crippen LogP contribution in [-0.4, -0.2) is 12.0 Å². The third-order valence-corrected chi connectivity index (χ3v) is 3.83. The number of rotatable bonds is 5. The van der Waals surface area contributed by atoms with Gasteiger partial charge in [0.05, 0.1) is 4.92 Å². The summed E-state index contributed by atoms with van der Waals surface area (Å²) < 4.78 is 0. The van der Waals surface area contributed by atoms with Gasteiger partial charge in [0.25, 0.3) is 0 Å². The molecule has 0 saturated carbocycles. The zero-order valence-electron chi connectivity index (χ0n) is 10.8. The fourth-order valence-electron chi connectivity index (χ4n) is 1.84. The van der Waals surface area contributed by atoms with Gasteiger partial charge in [0.15, 0.2) is 0 Å². The van der Waals surface area contributed by atoms with E-state index >= 15 is 0 Å². The number of nitrogens with zero attached hydrogens (tertiary/aromatic N) is 1. The first-order valence-corrected chi connectivity index (χ1v) is 6.78. The summed E-state index contributed by atoms with van der Waals surface area (Å²) in [4.78, 5) is 10.8. The standard InChI is InChI=1S/C13H15N3O2S/c1-9-7-19-8-10(9)6-15-12-5-3-4-11(14-2)13(12)16(17)18/h3-5,7-8,14-15H,6H2,1-2H3. The van der Waals surface area contributed by atoms with Crippen LogP contribution >= 0.6 is 11.3 Å². The first-order chi connectivity index (χ1) is 9.13. The van der Waals surface area contributed by atoms with Gasteiger partial charge in [-0.1, -0.05) is 6.07 Å². The van der Waals surface area contributed by atoms with Crippen LogP contribution in [0.25, 0.3) is 0 Å². The number of hydrogen-bond donors (Lipinski definition) is 2. The van der Waals surface area contributed by atoms with Crippen molar-refractivity contribution >= 4 is 28.4 Å². The van der Waals surface area contributed by atoms with E-state index in [9.17, 15) is 10.1 Å². The van der Waals surface area contributed by atoms with E-state index in [-0.39, 0.29) is 10.6 Å². The van der Waals surface area contributed by atoms with E-state index in [4.69, 9.17) is 0 Å². The summed E-state index contributed by atoms with van der Waals surface area (Å²) in [6.45, 7) is 2.62. The molecule has 5 nitrogen and oxygen atoms in total. The fourth-order valence-corrected chi connectivity index (χ4v) is 2.70. The highest BCUT2D eigenvalue weighted by Gasteiger charge is 2.18. The second-order valence-electron chi connectivity index (χ2n) is 4.14. The lowest BCUT2D eigenvalue weighted by Gasteiger charge is -2.09. The number of nitro benzene ring substituents is 1. The maximum atomic E-state index is 11.2. The number of thiophene rings is 1. The van der Waals surface area contributed by atoms with Crippen molar-refractivity contribution in [3.63, 3.8) is 0 Å². The van der Waals surface area contributed by atoms with Crippen LogP contribution in [-0.2, 0) is 6.54 Å². The van der Waals surface area contributed by atoms with Gasteiger partial charge in [-0.05, 0) is 40.9 Å². The molecule has 0 aliphatic carbocycles. The van der Waals surface area contributed by atoms with Gasteiger partial charge in [-0.25, -0.2) is 0 Å². The van der Waals surface area contributed by atoms with Crippen LogP contribution in [0.3, 0.4) is 0 Å². The topological polar surface area (TPSA) is 67.2 Å². The summed E-state index contributed by atoms with van der Waals surface area (Å²) in [6, 6.07) is 5.21. The number of nitrogens with one attached hydrogen (secondary N) is 2. The zero-order valence-corrected chi connectivity index (χ0v) is 11.6. The number of hydrogen-bond acceptors (Lipinski definition) is 5. The van der Waals surface area contributed by atoms with E-state index in [1.165, 1.54) is 5.56 Å². The Morgan fingerprint density at radius 2 is 2.05 bits per heavy atom. The molecule has 0 fully saturated rings. The average Bonchev–Trinajstić information content (AvgIpc) is 2.81. The molecule has 19 heavy (non-hydrogen) atoms. The summed E-state index contributed by atoms with van der Waals surface area (Å²) in [7, 11) is 1.68. The molecule has 0 saturated heterocycles. The SMILES string of the molecule is CNc1cccc(NCc2cscc2C)c1[N+](=O)[O-]. The minimum Gasteiger partial charge on any atom is -0.382 e. The maximum absolute atomic E-state index is 11.2. The van der Waals surface area contributed by atoms with Crippen molar-refractivity contribution in [1.82, 2.24) is 0 Å². The van der Waals surface area contributed by atoms with E-state index in [0.717, 1.165) is 5.56 Å². The molecule has 2 aromatic rings. The number of benzene rings is 1. The number of para-hydroxylation sites is 1. The number of nitro groups is 1. The highest BCUT2D eigenvalue weighted by Crippen LogP contribution is 2.32. The molecule has 0 atom stereocenters. The molecule has 6 heteroatoms. The molecular weight excluding hydrogens is 262 g/mol. The van der Waals surface area contributed by atoms with E-state index in [2.05, 4.69) is 21.4 Å². The molecule has 0 radical (unpaired) electrons. The molecule has 0 spiro atoms. The zero-order chi connectivity index (χ0) is 13.8. The first kappa shape index (κ1) is 13.4. The Hall–Kier alpha value is -2.08. The number of aryl methyl sites for hydroxylation is 1. The quantitative estimate of drug-likeness (QED) is 0.647. The van der Waals surface area contributed by atoms with Crippen molar-refractivity contribution in [1.29, 1.82) is 0 Å². The smallest absolute Gasteiger partial charge is 0.315 e. The Morgan fingerprint density at radius 3 is 2.63 bits per heavy atom. The summed E-state index contributed by atoms with van der Waals surface area (Å²) in [5.74, 6) is 0. The van der Waals surface area contributed by atoms with Crippen molar-refractivity contribution in [3.05, 3.63) is 50.2 Å². The van der Waals surface area contributed by atoms with Crippen molar-refractivity contribution in [2.24, 2.45) is 0 Å². The largest absolute Gasteiger partial charge is 0.382 e. The Bertz CT molecular complexity index is 595. The van der Waals surface area contributed by atoms with Gasteiger partial charge in [-0.3, -0.25) is 10.1 Å². The predicted molar refractivity (Wildman–Crippen MR) is 79.0 cm³/mol. The number of anilines is 2. The second-order valence-corrected chi connectivity index (χ2v) is 4.89. The van der Waals surface area contributed by atoms with E-state index < -0.39 is 0 Å². The van der Waals surface area contributed by atoms with Gasteiger partial charge >= 0.3 is 5.69 Å². The molecule has 0 aliphatic rings. The minimum atomic E-state index is -0.366. The van der Waals surface area contributed by atoms with Gasteiger partial charge in [-0.15, -0.1) is 0 Å². The van der Waals surface area contributed by atoms with E-state index in [1.807, 2.05) is 6.92 Å². The van der Waals surface area contributed by atoms with Gasteiger partial charge in [-0.2, -0.15) is 11.3 Å². The normalized spacial score (nSPS) is 10.2. The van der Waals surface area contributed by atoms with Crippen LogP contribution in [0, 0.1) is 17.0 Å². The summed E-state index contributed by atoms with van der Waals surface area (Å²) >= 11 is 1.63. The molecule has 0 amide bonds. The minimum absolute atomic E-state index is 0.0814. The molecule has 0 bridgehead atoms. The van der Waals surface area contributed by atoms with Crippen LogP contribution in [0.4, 0.5) is 17.1 Å². The summed E-state index contributed by atoms with van der Waals surface area (Å²) in [5, 5.41) is 21.3. The summed E-state index contributed by atoms with van der Waals surface area (Å²) in [5.41, 5.74) is 3.48. The van der Waals surface area contributed by atoms with Crippen molar-refractivity contribution in [2.75, 3.05) is 17.7 Å². The third-order valence-electron chi connectivity index (χ3n) is 2.92. The van der Waals surface area contributed by atoms with Crippen molar-refractivity contribution in [2.45, 2.75) is 13.5 Å². The second kappa shape index (κ2) is 5.71. The monoisotopic (exact) mass is 277 g/mol. The molecule has 1 aromatic carbocycles. The van der Waals surface area contributed by atoms with E-state index in [1.54, 1.807) is 36.6 Å². The highest BCUT2D eigenvalue weighted by molar-refractivity contribution is 7.08. The molecule has 0 unspecified atom stereocenters. The molecule has 1 heterocycles. The fraction of sp³-hybridized carbons (Fsp3) is 0.231. The molecule has 0 aliphatic heterocycles. The Kier molecular flexibility index (Phi) is 4.01. The van der Waals surface area contributed by atoms with Crippen molar-refractivity contribution < 1.29 is 4.92 Å². The van der Waals surface area contributed by atoms with Crippen LogP contribution in [0.5, 0.6) is 0 Å². The average molecular weight is 277 g/mol. The van der Waals surface area contributed by atoms with Gasteiger partial charge < -0.3 is 10.6 Å². The lowest BCUT2D eigenvalue weighted by Crippen LogP contribution is -2.05. The maximum Gasteiger partial charge on any atom is 0.315 e. The lowest BCUT2D eigenvalue weighted by molar-refractivity contribution is -0.383. The Balaban J connectivity index is 2.25. The predicted octanol–water partition coefficient (Wildman–Crippen LogP) is 3.62. The molecular formula is C13H15N3O2S. The van der Waals surface area contributed by atoms with Crippen LogP contribution in [0.1, 0.15) is 11.1 Å². The lowest BCUT2D eigenvalue weighted by atomic mass is 10.2. The van der Waals surface area contributed by atoms with E-state index in [0.29, 0.717) is 17.9 Å². The van der Waals surface area contributed by atoms with Crippen LogP contribution < -0.4 is 10.6 Å². The van der Waals surface area contributed by atoms with Crippen LogP contribution in [0.2, 0.25) is 0 Å².